The number of methoxy groups -OCH3 is 1. The van der Waals surface area contributed by atoms with Crippen molar-refractivity contribution in [2.24, 2.45) is 0 Å². The number of hydrogen-bond acceptors (Lipinski definition) is 7. The molecular formula is C25H25FN6O2S. The lowest BCUT2D eigenvalue weighted by Gasteiger charge is -2.13. The van der Waals surface area contributed by atoms with E-state index in [9.17, 15) is 9.18 Å². The molecule has 0 aliphatic rings. The molecule has 2 heterocycles. The number of rotatable bonds is 5. The first-order chi connectivity index (χ1) is 16.6. The van der Waals surface area contributed by atoms with Crippen molar-refractivity contribution < 1.29 is 13.9 Å². The minimum atomic E-state index is -0.574. The first-order valence-electron chi connectivity index (χ1n) is 10.8. The van der Waals surface area contributed by atoms with Crippen LogP contribution in [-0.4, -0.2) is 28.1 Å². The Morgan fingerprint density at radius 3 is 2.46 bits per heavy atom. The van der Waals surface area contributed by atoms with Crippen LogP contribution in [0.2, 0.25) is 0 Å². The zero-order valence-corrected chi connectivity index (χ0v) is 20.5. The largest absolute Gasteiger partial charge is 0.497 e. The predicted molar refractivity (Wildman–Crippen MR) is 137 cm³/mol. The molecule has 180 valence electrons. The molecule has 2 aromatic carbocycles. The van der Waals surface area contributed by atoms with Crippen LogP contribution in [0.1, 0.15) is 25.8 Å². The first kappa shape index (κ1) is 24.1. The van der Waals surface area contributed by atoms with E-state index in [4.69, 9.17) is 15.5 Å². The van der Waals surface area contributed by atoms with Gasteiger partial charge in [-0.15, -0.1) is 11.3 Å². The third-order valence-electron chi connectivity index (χ3n) is 5.01. The summed E-state index contributed by atoms with van der Waals surface area (Å²) >= 11 is 1.48. The highest BCUT2D eigenvalue weighted by atomic mass is 32.1. The second-order valence-corrected chi connectivity index (χ2v) is 9.75. The van der Waals surface area contributed by atoms with Crippen LogP contribution in [-0.2, 0) is 5.41 Å². The van der Waals surface area contributed by atoms with Crippen LogP contribution in [0.4, 0.5) is 26.5 Å². The summed E-state index contributed by atoms with van der Waals surface area (Å²) in [5, 5.41) is 6.15. The Bertz CT molecular complexity index is 1370. The number of anilines is 3. The number of carbonyl (C=O) groups excluding carboxylic acids is 1. The van der Waals surface area contributed by atoms with E-state index in [1.165, 1.54) is 17.4 Å². The van der Waals surface area contributed by atoms with Gasteiger partial charge < -0.3 is 21.1 Å². The lowest BCUT2D eigenvalue weighted by Crippen LogP contribution is -2.20. The number of nitrogen functional groups attached to an aromatic ring is 1. The number of nitrogens with one attached hydrogen (secondary N) is 2. The summed E-state index contributed by atoms with van der Waals surface area (Å²) in [5.74, 6) is 0.234. The number of hydrogen-bond donors (Lipinski definition) is 3. The Hall–Kier alpha value is -4.05. The molecular weight excluding hydrogens is 467 g/mol. The summed E-state index contributed by atoms with van der Waals surface area (Å²) < 4.78 is 19.8. The molecule has 0 spiro atoms. The van der Waals surface area contributed by atoms with Crippen molar-refractivity contribution in [2.75, 3.05) is 23.5 Å². The third kappa shape index (κ3) is 5.55. The fourth-order valence-corrected chi connectivity index (χ4v) is 4.37. The van der Waals surface area contributed by atoms with Crippen LogP contribution in [0.5, 0.6) is 5.75 Å². The number of ether oxygens (including phenoxy) is 1. The maximum absolute atomic E-state index is 14.6. The Morgan fingerprint density at radius 1 is 1.06 bits per heavy atom. The summed E-state index contributed by atoms with van der Waals surface area (Å²) in [6, 6.07) is 12.5. The highest BCUT2D eigenvalue weighted by molar-refractivity contribution is 7.15. The molecule has 0 unspecified atom stereocenters. The van der Waals surface area contributed by atoms with E-state index in [2.05, 4.69) is 41.4 Å². The number of carbonyl (C=O) groups is 1. The number of urea groups is 1. The average Bonchev–Trinajstić information content (AvgIpc) is 3.27. The van der Waals surface area contributed by atoms with Crippen molar-refractivity contribution >= 4 is 34.7 Å². The van der Waals surface area contributed by atoms with E-state index in [-0.39, 0.29) is 17.1 Å². The van der Waals surface area contributed by atoms with E-state index in [0.29, 0.717) is 28.4 Å². The van der Waals surface area contributed by atoms with Gasteiger partial charge in [0.2, 0.25) is 5.95 Å². The zero-order chi connectivity index (χ0) is 25.2. The number of nitrogens with two attached hydrogens (primary N) is 1. The molecule has 8 nitrogen and oxygen atoms in total. The maximum Gasteiger partial charge on any atom is 0.323 e. The third-order valence-corrected chi connectivity index (χ3v) is 6.54. The van der Waals surface area contributed by atoms with Crippen LogP contribution < -0.4 is 21.1 Å². The van der Waals surface area contributed by atoms with Gasteiger partial charge >= 0.3 is 6.03 Å². The molecule has 4 aromatic rings. The molecule has 0 aliphatic carbocycles. The number of halogens is 1. The van der Waals surface area contributed by atoms with Gasteiger partial charge in [0, 0.05) is 17.3 Å². The average molecular weight is 493 g/mol. The highest BCUT2D eigenvalue weighted by Gasteiger charge is 2.24. The maximum atomic E-state index is 14.6. The minimum absolute atomic E-state index is 0.0346. The van der Waals surface area contributed by atoms with E-state index in [1.807, 2.05) is 0 Å². The van der Waals surface area contributed by atoms with E-state index >= 15 is 0 Å². The molecule has 2 amide bonds. The van der Waals surface area contributed by atoms with Crippen LogP contribution in [0, 0.1) is 5.82 Å². The van der Waals surface area contributed by atoms with Crippen LogP contribution in [0.3, 0.4) is 0 Å². The topological polar surface area (TPSA) is 115 Å². The van der Waals surface area contributed by atoms with Crippen LogP contribution >= 0.6 is 11.3 Å². The SMILES string of the molecule is COc1ccc(NC(=O)Nc2cc(-c3sc(C(C)(C)C)nc3-c3ccnc(N)n3)ccc2F)cc1. The Labute approximate surface area is 206 Å². The Kier molecular flexibility index (Phi) is 6.65. The molecule has 4 N–H and O–H groups in total. The molecule has 2 aromatic heterocycles. The standard InChI is InChI=1S/C25H25FN6O2S/c1-25(2,3)22-32-20(18-11-12-28-23(27)30-18)21(35-22)14-5-10-17(26)19(13-14)31-24(33)29-15-6-8-16(34-4)9-7-15/h5-13H,1-4H3,(H2,27,28,30)(H2,29,31,33). The van der Waals surface area contributed by atoms with Crippen molar-refractivity contribution in [2.45, 2.75) is 26.2 Å². The summed E-state index contributed by atoms with van der Waals surface area (Å²) in [4.78, 5) is 26.4. The molecule has 0 fully saturated rings. The molecule has 0 saturated heterocycles. The van der Waals surface area contributed by atoms with Gasteiger partial charge in [0.15, 0.2) is 0 Å². The lowest BCUT2D eigenvalue weighted by molar-refractivity contribution is 0.262. The Balaban J connectivity index is 1.67. The van der Waals surface area contributed by atoms with Crippen molar-refractivity contribution in [3.05, 3.63) is 65.6 Å². The summed E-state index contributed by atoms with van der Waals surface area (Å²) in [7, 11) is 1.56. The van der Waals surface area contributed by atoms with Crippen LogP contribution in [0.25, 0.3) is 21.8 Å². The number of benzene rings is 2. The van der Waals surface area contributed by atoms with Crippen molar-refractivity contribution in [3.8, 4) is 27.6 Å². The molecule has 0 radical (unpaired) electrons. The smallest absolute Gasteiger partial charge is 0.323 e. The number of nitrogens with zero attached hydrogens (tertiary/aromatic N) is 3. The van der Waals surface area contributed by atoms with Gasteiger partial charge in [-0.3, -0.25) is 0 Å². The van der Waals surface area contributed by atoms with E-state index in [0.717, 1.165) is 9.88 Å². The number of amides is 2. The van der Waals surface area contributed by atoms with Gasteiger partial charge in [0.05, 0.1) is 28.4 Å². The van der Waals surface area contributed by atoms with Gasteiger partial charge in [-0.05, 0) is 48.0 Å². The van der Waals surface area contributed by atoms with Gasteiger partial charge in [-0.2, -0.15) is 0 Å². The second kappa shape index (κ2) is 9.67. The number of thiazole rings is 1. The Morgan fingerprint density at radius 2 is 1.80 bits per heavy atom. The predicted octanol–water partition coefficient (Wildman–Crippen LogP) is 5.94. The first-order valence-corrected chi connectivity index (χ1v) is 11.6. The molecule has 0 atom stereocenters. The van der Waals surface area contributed by atoms with Gasteiger partial charge in [-0.25, -0.2) is 24.1 Å². The second-order valence-electron chi connectivity index (χ2n) is 8.75. The molecule has 35 heavy (non-hydrogen) atoms. The fourth-order valence-electron chi connectivity index (χ4n) is 3.24. The lowest BCUT2D eigenvalue weighted by atomic mass is 9.98. The van der Waals surface area contributed by atoms with Gasteiger partial charge in [0.25, 0.3) is 0 Å². The molecule has 4 rings (SSSR count). The van der Waals surface area contributed by atoms with E-state index in [1.54, 1.807) is 55.8 Å². The molecule has 0 saturated carbocycles. The zero-order valence-electron chi connectivity index (χ0n) is 19.7. The molecule has 10 heteroatoms. The fraction of sp³-hybridized carbons (Fsp3) is 0.200. The van der Waals surface area contributed by atoms with Gasteiger partial charge in [-0.1, -0.05) is 26.8 Å². The summed E-state index contributed by atoms with van der Waals surface area (Å²) in [6.45, 7) is 6.19. The summed E-state index contributed by atoms with van der Waals surface area (Å²) in [6.07, 6.45) is 1.57. The van der Waals surface area contributed by atoms with Crippen LogP contribution in [0.15, 0.2) is 54.7 Å². The van der Waals surface area contributed by atoms with Gasteiger partial charge in [0.1, 0.15) is 17.3 Å². The quantitative estimate of drug-likeness (QED) is 0.318. The highest BCUT2D eigenvalue weighted by Crippen LogP contribution is 2.41. The van der Waals surface area contributed by atoms with E-state index < -0.39 is 11.8 Å². The molecule has 0 aliphatic heterocycles. The monoisotopic (exact) mass is 492 g/mol. The van der Waals surface area contributed by atoms with Crippen molar-refractivity contribution in [3.63, 3.8) is 0 Å². The minimum Gasteiger partial charge on any atom is -0.497 e. The summed E-state index contributed by atoms with van der Waals surface area (Å²) in [5.41, 5.74) is 8.03. The number of aromatic nitrogens is 3. The van der Waals surface area contributed by atoms with Crippen molar-refractivity contribution in [1.82, 2.24) is 15.0 Å². The van der Waals surface area contributed by atoms with Crippen molar-refractivity contribution in [1.29, 1.82) is 0 Å². The molecule has 0 bridgehead atoms. The normalized spacial score (nSPS) is 11.2.